The summed E-state index contributed by atoms with van der Waals surface area (Å²) >= 11 is 0. The van der Waals surface area contributed by atoms with Gasteiger partial charge in [0.2, 0.25) is 0 Å². The summed E-state index contributed by atoms with van der Waals surface area (Å²) in [5, 5.41) is 12.6. The van der Waals surface area contributed by atoms with Crippen LogP contribution in [-0.2, 0) is 4.79 Å². The van der Waals surface area contributed by atoms with Gasteiger partial charge in [0, 0.05) is 6.04 Å². The molecule has 0 saturated heterocycles. The predicted octanol–water partition coefficient (Wildman–Crippen LogP) is 2.55. The van der Waals surface area contributed by atoms with Crippen molar-refractivity contribution in [3.63, 3.8) is 0 Å². The molecular formula is C13H23NO2. The highest BCUT2D eigenvalue weighted by Gasteiger charge is 2.37. The highest BCUT2D eigenvalue weighted by Crippen LogP contribution is 2.33. The van der Waals surface area contributed by atoms with Crippen molar-refractivity contribution in [1.29, 1.82) is 0 Å². The Morgan fingerprint density at radius 3 is 2.06 bits per heavy atom. The summed E-state index contributed by atoms with van der Waals surface area (Å²) in [6.45, 7) is 0. The molecule has 2 aliphatic carbocycles. The van der Waals surface area contributed by atoms with Crippen LogP contribution in [0.3, 0.4) is 0 Å². The average Bonchev–Trinajstić information content (AvgIpc) is 2.99. The molecule has 0 bridgehead atoms. The Kier molecular flexibility index (Phi) is 4.22. The molecule has 0 aromatic heterocycles. The molecule has 2 saturated carbocycles. The molecule has 1 atom stereocenters. The number of carbonyl (C=O) groups is 1. The van der Waals surface area contributed by atoms with Crippen LogP contribution in [0, 0.1) is 5.92 Å². The first-order valence-electron chi connectivity index (χ1n) is 6.76. The van der Waals surface area contributed by atoms with Crippen molar-refractivity contribution in [3.8, 4) is 0 Å². The van der Waals surface area contributed by atoms with Crippen molar-refractivity contribution in [1.82, 2.24) is 5.32 Å². The normalized spacial score (nSPS) is 25.8. The van der Waals surface area contributed by atoms with Gasteiger partial charge in [0.25, 0.3) is 0 Å². The zero-order valence-electron chi connectivity index (χ0n) is 9.95. The topological polar surface area (TPSA) is 49.3 Å². The first kappa shape index (κ1) is 11.9. The second-order valence-corrected chi connectivity index (χ2v) is 5.36. The monoisotopic (exact) mass is 225 g/mol. The van der Waals surface area contributed by atoms with Gasteiger partial charge in [-0.3, -0.25) is 4.79 Å². The van der Waals surface area contributed by atoms with Gasteiger partial charge in [0.05, 0.1) is 0 Å². The van der Waals surface area contributed by atoms with E-state index >= 15 is 0 Å². The SMILES string of the molecule is O=C(O)C(NC1CCCCCCC1)C1CC1. The second kappa shape index (κ2) is 5.67. The molecule has 2 aliphatic rings. The van der Waals surface area contributed by atoms with Gasteiger partial charge in [0.1, 0.15) is 6.04 Å². The van der Waals surface area contributed by atoms with Crippen molar-refractivity contribution in [2.24, 2.45) is 5.92 Å². The fourth-order valence-electron chi connectivity index (χ4n) is 2.72. The van der Waals surface area contributed by atoms with E-state index < -0.39 is 5.97 Å². The van der Waals surface area contributed by atoms with Crippen molar-refractivity contribution in [3.05, 3.63) is 0 Å². The van der Waals surface area contributed by atoms with Gasteiger partial charge in [-0.1, -0.05) is 32.1 Å². The molecule has 92 valence electrons. The van der Waals surface area contributed by atoms with Gasteiger partial charge >= 0.3 is 5.97 Å². The molecule has 0 aromatic rings. The Hall–Kier alpha value is -0.570. The highest BCUT2D eigenvalue weighted by molar-refractivity contribution is 5.74. The maximum Gasteiger partial charge on any atom is 0.320 e. The third kappa shape index (κ3) is 3.48. The molecule has 0 radical (unpaired) electrons. The van der Waals surface area contributed by atoms with E-state index in [0.717, 1.165) is 25.7 Å². The summed E-state index contributed by atoms with van der Waals surface area (Å²) in [5.41, 5.74) is 0. The molecule has 0 aromatic carbocycles. The maximum absolute atomic E-state index is 11.1. The zero-order chi connectivity index (χ0) is 11.4. The number of carboxylic acids is 1. The number of rotatable bonds is 4. The molecule has 1 unspecified atom stereocenters. The van der Waals surface area contributed by atoms with Crippen LogP contribution in [0.5, 0.6) is 0 Å². The van der Waals surface area contributed by atoms with Crippen LogP contribution in [0.25, 0.3) is 0 Å². The van der Waals surface area contributed by atoms with E-state index in [9.17, 15) is 9.90 Å². The Bertz CT molecular complexity index is 230. The number of aliphatic carboxylic acids is 1. The van der Waals surface area contributed by atoms with Crippen LogP contribution in [0.2, 0.25) is 0 Å². The van der Waals surface area contributed by atoms with E-state index in [0.29, 0.717) is 12.0 Å². The first-order valence-corrected chi connectivity index (χ1v) is 6.76. The molecule has 2 N–H and O–H groups in total. The Labute approximate surface area is 97.6 Å². The molecule has 0 amide bonds. The number of hydrogen-bond acceptors (Lipinski definition) is 2. The highest BCUT2D eigenvalue weighted by atomic mass is 16.4. The van der Waals surface area contributed by atoms with Gasteiger partial charge in [0.15, 0.2) is 0 Å². The van der Waals surface area contributed by atoms with E-state index in [-0.39, 0.29) is 6.04 Å². The summed E-state index contributed by atoms with van der Waals surface area (Å²) in [5.74, 6) is -0.243. The summed E-state index contributed by atoms with van der Waals surface area (Å²) in [7, 11) is 0. The first-order chi connectivity index (χ1) is 7.77. The van der Waals surface area contributed by atoms with Crippen LogP contribution >= 0.6 is 0 Å². The van der Waals surface area contributed by atoms with Crippen LogP contribution in [0.1, 0.15) is 57.8 Å². The summed E-state index contributed by atoms with van der Waals surface area (Å²) in [6.07, 6.45) is 11.0. The van der Waals surface area contributed by atoms with Gasteiger partial charge in [-0.15, -0.1) is 0 Å². The lowest BCUT2D eigenvalue weighted by molar-refractivity contribution is -0.140. The van der Waals surface area contributed by atoms with E-state index in [1.807, 2.05) is 0 Å². The van der Waals surface area contributed by atoms with E-state index in [2.05, 4.69) is 5.32 Å². The minimum atomic E-state index is -0.649. The van der Waals surface area contributed by atoms with Gasteiger partial charge in [-0.25, -0.2) is 0 Å². The zero-order valence-corrected chi connectivity index (χ0v) is 9.95. The van der Waals surface area contributed by atoms with E-state index in [1.54, 1.807) is 0 Å². The Balaban J connectivity index is 1.82. The lowest BCUT2D eigenvalue weighted by atomic mass is 9.95. The Morgan fingerprint density at radius 1 is 1.00 bits per heavy atom. The van der Waals surface area contributed by atoms with Crippen LogP contribution in [0.15, 0.2) is 0 Å². The molecule has 3 heteroatoms. The molecule has 0 spiro atoms. The van der Waals surface area contributed by atoms with Crippen LogP contribution < -0.4 is 5.32 Å². The van der Waals surface area contributed by atoms with E-state index in [4.69, 9.17) is 0 Å². The summed E-state index contributed by atoms with van der Waals surface area (Å²) < 4.78 is 0. The fraction of sp³-hybridized carbons (Fsp3) is 0.923. The summed E-state index contributed by atoms with van der Waals surface area (Å²) in [6, 6.07) is 0.173. The summed E-state index contributed by atoms with van der Waals surface area (Å²) in [4.78, 5) is 11.1. The molecule has 3 nitrogen and oxygen atoms in total. The maximum atomic E-state index is 11.1. The molecule has 2 fully saturated rings. The van der Waals surface area contributed by atoms with E-state index in [1.165, 1.54) is 32.1 Å². The van der Waals surface area contributed by atoms with Crippen LogP contribution in [-0.4, -0.2) is 23.2 Å². The molecule has 16 heavy (non-hydrogen) atoms. The second-order valence-electron chi connectivity index (χ2n) is 5.36. The lowest BCUT2D eigenvalue weighted by Crippen LogP contribution is -2.45. The molecule has 0 aliphatic heterocycles. The van der Waals surface area contributed by atoms with Crippen molar-refractivity contribution in [2.45, 2.75) is 69.9 Å². The minimum absolute atomic E-state index is 0.274. The third-order valence-corrected chi connectivity index (χ3v) is 3.88. The quantitative estimate of drug-likeness (QED) is 0.773. The largest absolute Gasteiger partial charge is 0.480 e. The van der Waals surface area contributed by atoms with Crippen molar-refractivity contribution in [2.75, 3.05) is 0 Å². The van der Waals surface area contributed by atoms with Crippen molar-refractivity contribution < 1.29 is 9.90 Å². The van der Waals surface area contributed by atoms with Gasteiger partial charge in [-0.05, 0) is 31.6 Å². The Morgan fingerprint density at radius 2 is 1.56 bits per heavy atom. The number of carboxylic acid groups (broad SMARTS) is 1. The molecule has 2 rings (SSSR count). The number of nitrogens with one attached hydrogen (secondary N) is 1. The van der Waals surface area contributed by atoms with Gasteiger partial charge < -0.3 is 10.4 Å². The average molecular weight is 225 g/mol. The molecular weight excluding hydrogens is 202 g/mol. The van der Waals surface area contributed by atoms with Gasteiger partial charge in [-0.2, -0.15) is 0 Å². The minimum Gasteiger partial charge on any atom is -0.480 e. The number of hydrogen-bond donors (Lipinski definition) is 2. The van der Waals surface area contributed by atoms with Crippen LogP contribution in [0.4, 0.5) is 0 Å². The lowest BCUT2D eigenvalue weighted by Gasteiger charge is -2.25. The molecule has 0 heterocycles. The smallest absolute Gasteiger partial charge is 0.320 e. The van der Waals surface area contributed by atoms with Crippen molar-refractivity contribution >= 4 is 5.97 Å². The third-order valence-electron chi connectivity index (χ3n) is 3.88. The standard InChI is InChI=1S/C13H23NO2/c15-13(16)12(10-8-9-10)14-11-6-4-2-1-3-5-7-11/h10-12,14H,1-9H2,(H,15,16). The fourth-order valence-corrected chi connectivity index (χ4v) is 2.72. The predicted molar refractivity (Wildman–Crippen MR) is 63.4 cm³/mol.